The first-order chi connectivity index (χ1) is 17.2. The highest BCUT2D eigenvalue weighted by atomic mass is 16.7. The first-order valence-corrected chi connectivity index (χ1v) is 11.8. The van der Waals surface area contributed by atoms with Gasteiger partial charge in [0.05, 0.1) is 6.33 Å². The van der Waals surface area contributed by atoms with Crippen LogP contribution in [0, 0.1) is 11.8 Å². The summed E-state index contributed by atoms with van der Waals surface area (Å²) in [7, 11) is 0. The van der Waals surface area contributed by atoms with Crippen LogP contribution in [0.15, 0.2) is 6.33 Å². The SMILES string of the molecule is CCCCCCC#Cc1nc(N)c2ncn([C@@H]3O[C@H](COC(C)=O)[C@@H](OC(C)=O)[C@H]3OC(C)=O)c2n1. The molecule has 1 saturated heterocycles. The number of ether oxygens (including phenoxy) is 4. The van der Waals surface area contributed by atoms with Gasteiger partial charge in [-0.05, 0) is 12.3 Å². The van der Waals surface area contributed by atoms with E-state index in [4.69, 9.17) is 24.7 Å². The summed E-state index contributed by atoms with van der Waals surface area (Å²) in [5, 5.41) is 0. The number of hydrogen-bond donors (Lipinski definition) is 1. The van der Waals surface area contributed by atoms with E-state index in [0.717, 1.165) is 25.7 Å². The number of nitrogens with two attached hydrogens (primary N) is 1. The molecule has 0 amide bonds. The highest BCUT2D eigenvalue weighted by Crippen LogP contribution is 2.36. The first kappa shape index (κ1) is 26.9. The number of aromatic nitrogens is 4. The van der Waals surface area contributed by atoms with Crippen LogP contribution in [0.2, 0.25) is 0 Å². The zero-order valence-electron chi connectivity index (χ0n) is 20.9. The first-order valence-electron chi connectivity index (χ1n) is 11.8. The molecule has 0 spiro atoms. The van der Waals surface area contributed by atoms with Gasteiger partial charge in [0.2, 0.25) is 5.82 Å². The summed E-state index contributed by atoms with van der Waals surface area (Å²) >= 11 is 0. The predicted octanol–water partition coefficient (Wildman–Crippen LogP) is 2.05. The van der Waals surface area contributed by atoms with E-state index in [1.807, 2.05) is 0 Å². The number of carbonyl (C=O) groups is 3. The van der Waals surface area contributed by atoms with Crippen molar-refractivity contribution >= 4 is 34.9 Å². The Hall–Kier alpha value is -3.72. The zero-order valence-corrected chi connectivity index (χ0v) is 20.9. The fourth-order valence-electron chi connectivity index (χ4n) is 3.88. The zero-order chi connectivity index (χ0) is 26.2. The van der Waals surface area contributed by atoms with Crippen molar-refractivity contribution in [2.24, 2.45) is 0 Å². The van der Waals surface area contributed by atoms with Crippen LogP contribution in [0.3, 0.4) is 0 Å². The Balaban J connectivity index is 1.96. The lowest BCUT2D eigenvalue weighted by atomic mass is 10.1. The number of nitrogens with zero attached hydrogens (tertiary/aromatic N) is 4. The van der Waals surface area contributed by atoms with E-state index in [1.165, 1.54) is 31.7 Å². The number of esters is 3. The highest BCUT2D eigenvalue weighted by Gasteiger charge is 2.51. The summed E-state index contributed by atoms with van der Waals surface area (Å²) in [5.74, 6) is 4.57. The average molecular weight is 502 g/mol. The van der Waals surface area contributed by atoms with Gasteiger partial charge in [0, 0.05) is 27.2 Å². The summed E-state index contributed by atoms with van der Waals surface area (Å²) in [4.78, 5) is 48.1. The van der Waals surface area contributed by atoms with Crippen LogP contribution in [0.1, 0.15) is 71.9 Å². The summed E-state index contributed by atoms with van der Waals surface area (Å²) < 4.78 is 23.5. The lowest BCUT2D eigenvalue weighted by Gasteiger charge is -2.23. The molecule has 1 fully saturated rings. The van der Waals surface area contributed by atoms with Crippen molar-refractivity contribution in [3.63, 3.8) is 0 Å². The molecule has 2 N–H and O–H groups in total. The van der Waals surface area contributed by atoms with E-state index >= 15 is 0 Å². The number of hydrogen-bond acceptors (Lipinski definition) is 11. The maximum absolute atomic E-state index is 11.9. The van der Waals surface area contributed by atoms with Crippen molar-refractivity contribution in [3.8, 4) is 11.8 Å². The van der Waals surface area contributed by atoms with Crippen LogP contribution in [-0.4, -0.2) is 62.3 Å². The van der Waals surface area contributed by atoms with E-state index < -0.39 is 42.4 Å². The molecule has 0 bridgehead atoms. The number of unbranched alkanes of at least 4 members (excludes halogenated alkanes) is 4. The Morgan fingerprint density at radius 2 is 1.78 bits per heavy atom. The van der Waals surface area contributed by atoms with Gasteiger partial charge in [-0.25, -0.2) is 15.0 Å². The van der Waals surface area contributed by atoms with E-state index in [9.17, 15) is 14.4 Å². The molecule has 194 valence electrons. The summed E-state index contributed by atoms with van der Waals surface area (Å²) in [6.07, 6.45) is 2.48. The molecule has 0 saturated carbocycles. The molecule has 2 aromatic rings. The van der Waals surface area contributed by atoms with Gasteiger partial charge < -0.3 is 24.7 Å². The molecule has 0 aromatic carbocycles. The third kappa shape index (κ3) is 6.69. The van der Waals surface area contributed by atoms with Gasteiger partial charge in [0.15, 0.2) is 29.9 Å². The second-order valence-electron chi connectivity index (χ2n) is 8.38. The fraction of sp³-hybridized carbons (Fsp3) is 0.583. The number of fused-ring (bicyclic) bond motifs is 1. The van der Waals surface area contributed by atoms with Crippen molar-refractivity contribution in [2.75, 3.05) is 12.3 Å². The minimum absolute atomic E-state index is 0.129. The van der Waals surface area contributed by atoms with Gasteiger partial charge in [-0.3, -0.25) is 19.0 Å². The van der Waals surface area contributed by atoms with Crippen LogP contribution in [0.4, 0.5) is 5.82 Å². The lowest BCUT2D eigenvalue weighted by molar-refractivity contribution is -0.166. The van der Waals surface area contributed by atoms with Crippen molar-refractivity contribution in [3.05, 3.63) is 12.2 Å². The third-order valence-corrected chi connectivity index (χ3v) is 5.42. The topological polar surface area (TPSA) is 158 Å². The monoisotopic (exact) mass is 501 g/mol. The quantitative estimate of drug-likeness (QED) is 0.232. The van der Waals surface area contributed by atoms with E-state index in [2.05, 4.69) is 33.7 Å². The number of rotatable bonds is 9. The number of nitrogen functional groups attached to an aromatic ring is 1. The standard InChI is InChI=1S/C24H31N5O7/c1-5-6-7-8-9-10-11-18-27-22(25)19-23(28-18)29(13-26-19)24-21(35-16(4)32)20(34-15(3)31)17(36-24)12-33-14(2)30/h13,17,20-21,24H,5-9,12H2,1-4H3,(H2,25,27,28)/t17-,20-,21-,24-/m1/s1. The Morgan fingerprint density at radius 3 is 2.44 bits per heavy atom. The normalized spacial score (nSPS) is 21.0. The molecule has 36 heavy (non-hydrogen) atoms. The molecule has 3 heterocycles. The third-order valence-electron chi connectivity index (χ3n) is 5.42. The Bertz CT molecular complexity index is 1170. The number of anilines is 1. The van der Waals surface area contributed by atoms with Crippen molar-refractivity contribution in [1.29, 1.82) is 0 Å². The van der Waals surface area contributed by atoms with Crippen molar-refractivity contribution in [2.45, 2.75) is 84.3 Å². The van der Waals surface area contributed by atoms with E-state index in [-0.39, 0.29) is 18.2 Å². The minimum atomic E-state index is -1.08. The van der Waals surface area contributed by atoms with Crippen LogP contribution in [0.5, 0.6) is 0 Å². The van der Waals surface area contributed by atoms with Gasteiger partial charge in [0.25, 0.3) is 0 Å². The van der Waals surface area contributed by atoms with Gasteiger partial charge in [-0.15, -0.1) is 0 Å². The molecule has 1 aliphatic rings. The van der Waals surface area contributed by atoms with Crippen LogP contribution in [0.25, 0.3) is 11.2 Å². The van der Waals surface area contributed by atoms with Crippen molar-refractivity contribution < 1.29 is 33.3 Å². The molecule has 12 nitrogen and oxygen atoms in total. The highest BCUT2D eigenvalue weighted by molar-refractivity contribution is 5.82. The minimum Gasteiger partial charge on any atom is -0.463 e. The van der Waals surface area contributed by atoms with Gasteiger partial charge in [-0.1, -0.05) is 32.1 Å². The molecule has 1 aliphatic heterocycles. The van der Waals surface area contributed by atoms with Crippen LogP contribution >= 0.6 is 0 Å². The van der Waals surface area contributed by atoms with E-state index in [1.54, 1.807) is 0 Å². The summed E-state index contributed by atoms with van der Waals surface area (Å²) in [6, 6.07) is 0. The Labute approximate surface area is 208 Å². The number of carbonyl (C=O) groups excluding carboxylic acids is 3. The van der Waals surface area contributed by atoms with Gasteiger partial charge in [0.1, 0.15) is 18.2 Å². The van der Waals surface area contributed by atoms with Gasteiger partial charge >= 0.3 is 17.9 Å². The smallest absolute Gasteiger partial charge is 0.303 e. The lowest BCUT2D eigenvalue weighted by Crippen LogP contribution is -2.40. The maximum Gasteiger partial charge on any atom is 0.303 e. The second kappa shape index (κ2) is 12.3. The van der Waals surface area contributed by atoms with Crippen LogP contribution < -0.4 is 5.73 Å². The second-order valence-corrected chi connectivity index (χ2v) is 8.38. The largest absolute Gasteiger partial charge is 0.463 e. The van der Waals surface area contributed by atoms with Gasteiger partial charge in [-0.2, -0.15) is 0 Å². The molecular formula is C24H31N5O7. The molecule has 0 radical (unpaired) electrons. The Morgan fingerprint density at radius 1 is 1.06 bits per heavy atom. The van der Waals surface area contributed by atoms with Crippen molar-refractivity contribution in [1.82, 2.24) is 19.5 Å². The molecular weight excluding hydrogens is 470 g/mol. The molecule has 3 rings (SSSR count). The fourth-order valence-corrected chi connectivity index (χ4v) is 3.88. The Kier molecular flexibility index (Phi) is 9.19. The molecule has 0 unspecified atom stereocenters. The predicted molar refractivity (Wildman–Crippen MR) is 127 cm³/mol. The molecule has 2 aromatic heterocycles. The molecule has 12 heteroatoms. The molecule has 0 aliphatic carbocycles. The average Bonchev–Trinajstić information content (AvgIpc) is 3.36. The van der Waals surface area contributed by atoms with Crippen LogP contribution in [-0.2, 0) is 33.3 Å². The summed E-state index contributed by atoms with van der Waals surface area (Å²) in [6.45, 7) is 5.61. The summed E-state index contributed by atoms with van der Waals surface area (Å²) in [5.41, 5.74) is 6.72. The maximum atomic E-state index is 11.9. The van der Waals surface area contributed by atoms with E-state index in [0.29, 0.717) is 17.6 Å². The number of imidazole rings is 1. The molecule has 4 atom stereocenters.